The van der Waals surface area contributed by atoms with Crippen molar-refractivity contribution in [2.24, 2.45) is 0 Å². The maximum absolute atomic E-state index is 5.71. The Balaban J connectivity index is 1.25. The smallest absolute Gasteiger partial charge is 0.252 e. The van der Waals surface area contributed by atoms with E-state index in [2.05, 4.69) is 406 Å². The SMILES string of the molecule is CC(C)(C)c1cc(-c2ccc3c(c2)N(c2c(-c4cc(C(C)(C)C)nc(C(C)(C)C)c4)cccc2-c2cc(C(C)(C)C)nc(C(C)(C)C)c2)c2cccc4c2B3c2ccc(-c3cc(C(C)(C)C)cc(C(C)(C)C)c3)cc2N4c2c(-c3cccc(C(C)(C)C)n3)cccc2-c2cccc(C(C)(C)C)n2)cc(C(C)(C)C)c1. The lowest BCUT2D eigenvalue weighted by atomic mass is 9.33. The molecule has 7 aromatic carbocycles. The van der Waals surface area contributed by atoms with E-state index in [0.29, 0.717) is 0 Å². The van der Waals surface area contributed by atoms with Gasteiger partial charge < -0.3 is 9.80 Å². The minimum atomic E-state index is -0.267. The third-order valence-electron chi connectivity index (χ3n) is 22.4. The highest BCUT2D eigenvalue weighted by Gasteiger charge is 2.46. The molecule has 4 aromatic heterocycles. The fraction of sp³-hybridized carbons (Fsp3) is 0.392. The van der Waals surface area contributed by atoms with Crippen LogP contribution in [0.3, 0.4) is 0 Å². The van der Waals surface area contributed by atoms with Gasteiger partial charge in [-0.15, -0.1) is 0 Å². The first-order valence-corrected chi connectivity index (χ1v) is 40.0. The number of fused-ring (bicyclic) bond motifs is 4. The van der Waals surface area contributed by atoms with Gasteiger partial charge in [0.25, 0.3) is 6.71 Å². The van der Waals surface area contributed by atoms with Gasteiger partial charge in [0.2, 0.25) is 0 Å². The molecule has 0 radical (unpaired) electrons. The van der Waals surface area contributed by atoms with Crippen molar-refractivity contribution in [3.63, 3.8) is 0 Å². The lowest BCUT2D eigenvalue weighted by Gasteiger charge is -2.45. The Bertz CT molecular complexity index is 5080. The molecule has 7 heteroatoms. The van der Waals surface area contributed by atoms with E-state index >= 15 is 0 Å². The molecule has 6 heterocycles. The third kappa shape index (κ3) is 15.2. The van der Waals surface area contributed by atoms with Crippen LogP contribution in [0.2, 0.25) is 0 Å². The van der Waals surface area contributed by atoms with E-state index in [1.165, 1.54) is 49.8 Å². The molecule has 2 aliphatic rings. The van der Waals surface area contributed by atoms with Crippen LogP contribution in [0.25, 0.3) is 67.0 Å². The first kappa shape index (κ1) is 77.9. The highest BCUT2D eigenvalue weighted by Crippen LogP contribution is 2.55. The largest absolute Gasteiger partial charge is 0.310 e. The predicted octanol–water partition coefficient (Wildman–Crippen LogP) is 26.3. The molecule has 6 nitrogen and oxygen atoms in total. The average molecular weight is 1440 g/mol. The fourth-order valence-corrected chi connectivity index (χ4v) is 15.5. The normalized spacial score (nSPS) is 13.9. The third-order valence-corrected chi connectivity index (χ3v) is 22.4. The molecule has 0 fully saturated rings. The Morgan fingerprint density at radius 2 is 0.505 bits per heavy atom. The quantitative estimate of drug-likeness (QED) is 0.141. The molecule has 0 atom stereocenters. The summed E-state index contributed by atoms with van der Waals surface area (Å²) in [6.45, 7) is 69.2. The molecular formula is C102H121BN6. The van der Waals surface area contributed by atoms with Crippen molar-refractivity contribution < 1.29 is 0 Å². The van der Waals surface area contributed by atoms with Crippen LogP contribution in [-0.4, -0.2) is 26.6 Å². The van der Waals surface area contributed by atoms with Crippen LogP contribution in [0.1, 0.15) is 264 Å². The monoisotopic (exact) mass is 1440 g/mol. The van der Waals surface area contributed by atoms with E-state index in [0.717, 1.165) is 124 Å². The van der Waals surface area contributed by atoms with Crippen LogP contribution in [-0.2, 0) is 54.1 Å². The second-order valence-electron chi connectivity index (χ2n) is 41.9. The predicted molar refractivity (Wildman–Crippen MR) is 471 cm³/mol. The second kappa shape index (κ2) is 26.8. The van der Waals surface area contributed by atoms with Gasteiger partial charge in [0.15, 0.2) is 0 Å². The Morgan fingerprint density at radius 3 is 0.807 bits per heavy atom. The standard InChI is InChI=1S/C102H121BN6/c1-93(2,3)68-50-64(51-69(60-68)94(4,5)6)62-46-48-76-82(54-62)108(91-72(66-56-86(99(19,20)21)106-87(57-66)100(22,23)24)36-31-37-73(91)67-58-88(101(25,26)27)107-89(59-67)102(28,29)30)80-42-35-43-81-90(80)103(76)77-49-47-63(65-52-70(95(7,8)9)61-71(53-65)96(10,11)12)55-83(77)109(81)92-74(78-40-33-44-84(104-78)97(13,14)15)38-32-39-75(92)79-41-34-45-85(105-79)98(16,17)18/h31-61H,1-30H3. The molecule has 0 bridgehead atoms. The zero-order valence-electron chi connectivity index (χ0n) is 71.7. The lowest BCUT2D eigenvalue weighted by molar-refractivity contribution is 0.531. The molecule has 0 spiro atoms. The minimum Gasteiger partial charge on any atom is -0.310 e. The number of nitrogens with zero attached hydrogens (tertiary/aromatic N) is 6. The molecular weight excluding hydrogens is 1320 g/mol. The van der Waals surface area contributed by atoms with E-state index in [9.17, 15) is 0 Å². The molecule has 0 N–H and O–H groups in total. The number of anilines is 6. The summed E-state index contributed by atoms with van der Waals surface area (Å²) in [6, 6.07) is 73.6. The van der Waals surface area contributed by atoms with E-state index in [1.807, 2.05) is 0 Å². The van der Waals surface area contributed by atoms with Crippen molar-refractivity contribution in [2.75, 3.05) is 9.80 Å². The number of rotatable bonds is 8. The van der Waals surface area contributed by atoms with Crippen LogP contribution in [0.5, 0.6) is 0 Å². The summed E-state index contributed by atoms with van der Waals surface area (Å²) in [5, 5.41) is 0. The Morgan fingerprint density at radius 1 is 0.220 bits per heavy atom. The van der Waals surface area contributed by atoms with Crippen molar-refractivity contribution in [3.8, 4) is 67.0 Å². The van der Waals surface area contributed by atoms with E-state index in [4.69, 9.17) is 19.9 Å². The number of aromatic nitrogens is 4. The number of hydrogen-bond acceptors (Lipinski definition) is 6. The van der Waals surface area contributed by atoms with Gasteiger partial charge in [0.05, 0.1) is 22.8 Å². The maximum Gasteiger partial charge on any atom is 0.252 e. The molecule has 2 aliphatic heterocycles. The molecule has 562 valence electrons. The van der Waals surface area contributed by atoms with E-state index in [-0.39, 0.29) is 60.9 Å². The number of benzene rings is 7. The van der Waals surface area contributed by atoms with Gasteiger partial charge in [-0.05, 0) is 166 Å². The number of pyridine rings is 4. The van der Waals surface area contributed by atoms with Gasteiger partial charge in [-0.1, -0.05) is 323 Å². The van der Waals surface area contributed by atoms with Crippen LogP contribution in [0, 0.1) is 0 Å². The van der Waals surface area contributed by atoms with Crippen molar-refractivity contribution in [3.05, 3.63) is 244 Å². The minimum absolute atomic E-state index is 0.109. The van der Waals surface area contributed by atoms with Crippen molar-refractivity contribution in [1.82, 2.24) is 19.9 Å². The van der Waals surface area contributed by atoms with Crippen molar-refractivity contribution in [1.29, 1.82) is 0 Å². The Hall–Kier alpha value is -9.20. The Kier molecular flexibility index (Phi) is 19.2. The number of hydrogen-bond donors (Lipinski definition) is 0. The van der Waals surface area contributed by atoms with Crippen LogP contribution in [0.15, 0.2) is 188 Å². The highest BCUT2D eigenvalue weighted by molar-refractivity contribution is 7.00. The zero-order chi connectivity index (χ0) is 79.4. The molecule has 0 amide bonds. The summed E-state index contributed by atoms with van der Waals surface area (Å²) in [6.07, 6.45) is 0. The summed E-state index contributed by atoms with van der Waals surface area (Å²) < 4.78 is 0. The van der Waals surface area contributed by atoms with Gasteiger partial charge in [0, 0.05) is 112 Å². The topological polar surface area (TPSA) is 58.0 Å². The van der Waals surface area contributed by atoms with Crippen molar-refractivity contribution in [2.45, 2.75) is 262 Å². The zero-order valence-corrected chi connectivity index (χ0v) is 71.7. The summed E-state index contributed by atoms with van der Waals surface area (Å²) in [4.78, 5) is 27.9. The average Bonchev–Trinajstić information content (AvgIpc) is 0.689. The molecule has 11 aromatic rings. The van der Waals surface area contributed by atoms with Crippen LogP contribution in [0.4, 0.5) is 34.1 Å². The van der Waals surface area contributed by atoms with Gasteiger partial charge in [-0.2, -0.15) is 0 Å². The Labute approximate surface area is 656 Å². The molecule has 13 rings (SSSR count). The summed E-state index contributed by atoms with van der Waals surface area (Å²) in [5.74, 6) is 0. The summed E-state index contributed by atoms with van der Waals surface area (Å²) >= 11 is 0. The van der Waals surface area contributed by atoms with Gasteiger partial charge in [-0.25, -0.2) is 0 Å². The molecule has 0 unspecified atom stereocenters. The molecule has 0 saturated heterocycles. The number of para-hydroxylation sites is 2. The van der Waals surface area contributed by atoms with Gasteiger partial charge in [-0.3, -0.25) is 19.9 Å². The molecule has 0 saturated carbocycles. The summed E-state index contributed by atoms with van der Waals surface area (Å²) in [7, 11) is 0. The van der Waals surface area contributed by atoms with E-state index in [1.54, 1.807) is 0 Å². The first-order valence-electron chi connectivity index (χ1n) is 40.0. The lowest BCUT2D eigenvalue weighted by Crippen LogP contribution is -2.61. The van der Waals surface area contributed by atoms with Gasteiger partial charge in [0.1, 0.15) is 0 Å². The van der Waals surface area contributed by atoms with Gasteiger partial charge >= 0.3 is 0 Å². The summed E-state index contributed by atoms with van der Waals surface area (Å²) in [5.41, 5.74) is 32.8. The molecule has 0 aliphatic carbocycles. The van der Waals surface area contributed by atoms with Crippen LogP contribution < -0.4 is 26.2 Å². The van der Waals surface area contributed by atoms with E-state index < -0.39 is 0 Å². The van der Waals surface area contributed by atoms with Crippen molar-refractivity contribution >= 4 is 57.2 Å². The second-order valence-corrected chi connectivity index (χ2v) is 41.9. The maximum atomic E-state index is 5.71. The molecule has 109 heavy (non-hydrogen) atoms. The first-order chi connectivity index (χ1) is 50.3. The fourth-order valence-electron chi connectivity index (χ4n) is 15.5. The highest BCUT2D eigenvalue weighted by atomic mass is 15.2. The van der Waals surface area contributed by atoms with Crippen LogP contribution >= 0.6 is 0 Å².